The predicted molar refractivity (Wildman–Crippen MR) is 79.7 cm³/mol. The summed E-state index contributed by atoms with van der Waals surface area (Å²) in [5, 5.41) is 11.6. The maximum atomic E-state index is 11.7. The molecule has 5 nitrogen and oxygen atoms in total. The molecule has 0 radical (unpaired) electrons. The van der Waals surface area contributed by atoms with Crippen molar-refractivity contribution in [2.75, 3.05) is 11.1 Å². The minimum absolute atomic E-state index is 0.190. The number of carboxylic acid groups (broad SMARTS) is 1. The number of carbonyl (C=O) groups is 2. The molecule has 1 aromatic carbocycles. The van der Waals surface area contributed by atoms with E-state index in [4.69, 9.17) is 9.84 Å². The van der Waals surface area contributed by atoms with Crippen molar-refractivity contribution in [2.45, 2.75) is 38.2 Å². The molecule has 1 aromatic rings. The van der Waals surface area contributed by atoms with Crippen molar-refractivity contribution in [3.05, 3.63) is 23.8 Å². The number of anilines is 1. The SMILES string of the molecule is CCSc1cc(C(=O)O)ccc1NC(=O)OC(C)(C)C. The van der Waals surface area contributed by atoms with E-state index in [0.717, 1.165) is 5.75 Å². The Morgan fingerprint density at radius 3 is 2.50 bits per heavy atom. The van der Waals surface area contributed by atoms with Crippen LogP contribution in [0.15, 0.2) is 23.1 Å². The molecule has 0 aliphatic heterocycles. The van der Waals surface area contributed by atoms with Crippen molar-refractivity contribution in [1.29, 1.82) is 0 Å². The first-order valence-corrected chi connectivity index (χ1v) is 7.21. The number of carboxylic acids is 1. The molecular weight excluding hydrogens is 278 g/mol. The first kappa shape index (κ1) is 16.4. The molecule has 0 bridgehead atoms. The van der Waals surface area contributed by atoms with E-state index in [0.29, 0.717) is 10.6 Å². The number of ether oxygens (including phenoxy) is 1. The van der Waals surface area contributed by atoms with Crippen LogP contribution >= 0.6 is 11.8 Å². The minimum atomic E-state index is -0.994. The summed E-state index contributed by atoms with van der Waals surface area (Å²) in [5.41, 5.74) is 0.162. The van der Waals surface area contributed by atoms with Crippen molar-refractivity contribution in [3.63, 3.8) is 0 Å². The first-order valence-electron chi connectivity index (χ1n) is 6.23. The van der Waals surface area contributed by atoms with Gasteiger partial charge in [-0.25, -0.2) is 9.59 Å². The van der Waals surface area contributed by atoms with E-state index in [1.807, 2.05) is 6.92 Å². The second kappa shape index (κ2) is 6.65. The zero-order valence-electron chi connectivity index (χ0n) is 12.0. The van der Waals surface area contributed by atoms with Gasteiger partial charge in [-0.05, 0) is 44.7 Å². The Morgan fingerprint density at radius 2 is 2.00 bits per heavy atom. The Hall–Kier alpha value is -1.69. The van der Waals surface area contributed by atoms with Gasteiger partial charge >= 0.3 is 12.1 Å². The van der Waals surface area contributed by atoms with E-state index in [1.165, 1.54) is 17.8 Å². The number of carbonyl (C=O) groups excluding carboxylic acids is 1. The van der Waals surface area contributed by atoms with Crippen molar-refractivity contribution in [1.82, 2.24) is 0 Å². The molecule has 0 unspecified atom stereocenters. The fourth-order valence-corrected chi connectivity index (χ4v) is 2.24. The molecule has 1 amide bonds. The highest BCUT2D eigenvalue weighted by Gasteiger charge is 2.17. The summed E-state index contributed by atoms with van der Waals surface area (Å²) in [5.74, 6) is -0.224. The predicted octanol–water partition coefficient (Wildman–Crippen LogP) is 3.84. The van der Waals surface area contributed by atoms with Crippen LogP contribution in [0.2, 0.25) is 0 Å². The Labute approximate surface area is 122 Å². The maximum Gasteiger partial charge on any atom is 0.412 e. The highest BCUT2D eigenvalue weighted by atomic mass is 32.2. The normalized spacial score (nSPS) is 11.0. The van der Waals surface area contributed by atoms with Gasteiger partial charge in [0.15, 0.2) is 0 Å². The van der Waals surface area contributed by atoms with Crippen LogP contribution in [0.4, 0.5) is 10.5 Å². The molecule has 0 saturated heterocycles. The Balaban J connectivity index is 2.94. The largest absolute Gasteiger partial charge is 0.478 e. The van der Waals surface area contributed by atoms with Gasteiger partial charge in [-0.2, -0.15) is 0 Å². The number of hydrogen-bond acceptors (Lipinski definition) is 4. The average Bonchev–Trinajstić information content (AvgIpc) is 2.28. The maximum absolute atomic E-state index is 11.7. The summed E-state index contributed by atoms with van der Waals surface area (Å²) in [6.45, 7) is 7.29. The molecule has 0 heterocycles. The van der Waals surface area contributed by atoms with Crippen LogP contribution in [0, 0.1) is 0 Å². The Morgan fingerprint density at radius 1 is 1.35 bits per heavy atom. The summed E-state index contributed by atoms with van der Waals surface area (Å²) in [6.07, 6.45) is -0.557. The van der Waals surface area contributed by atoms with Gasteiger partial charge in [0.25, 0.3) is 0 Å². The van der Waals surface area contributed by atoms with Crippen molar-refractivity contribution < 1.29 is 19.4 Å². The van der Waals surface area contributed by atoms with E-state index < -0.39 is 17.7 Å². The standard InChI is InChI=1S/C14H19NO4S/c1-5-20-11-8-9(12(16)17)6-7-10(11)15-13(18)19-14(2,3)4/h6-8H,5H2,1-4H3,(H,15,18)(H,16,17). The number of hydrogen-bond donors (Lipinski definition) is 2. The number of nitrogens with one attached hydrogen (secondary N) is 1. The third-order valence-corrected chi connectivity index (χ3v) is 3.10. The zero-order chi connectivity index (χ0) is 15.3. The molecule has 0 spiro atoms. The summed E-state index contributed by atoms with van der Waals surface area (Å²) < 4.78 is 5.18. The number of thioether (sulfide) groups is 1. The molecule has 110 valence electrons. The summed E-state index contributed by atoms with van der Waals surface area (Å²) >= 11 is 1.46. The fourth-order valence-electron chi connectivity index (χ4n) is 1.45. The minimum Gasteiger partial charge on any atom is -0.478 e. The molecule has 1 rings (SSSR count). The van der Waals surface area contributed by atoms with Gasteiger partial charge in [0.2, 0.25) is 0 Å². The fraction of sp³-hybridized carbons (Fsp3) is 0.429. The van der Waals surface area contributed by atoms with E-state index in [9.17, 15) is 9.59 Å². The van der Waals surface area contributed by atoms with Gasteiger partial charge in [-0.3, -0.25) is 5.32 Å². The van der Waals surface area contributed by atoms with Gasteiger partial charge in [-0.15, -0.1) is 11.8 Å². The van der Waals surface area contributed by atoms with Crippen LogP contribution in [0.3, 0.4) is 0 Å². The number of amides is 1. The van der Waals surface area contributed by atoms with Gasteiger partial charge < -0.3 is 9.84 Å². The molecule has 0 aliphatic carbocycles. The molecule has 0 fully saturated rings. The van der Waals surface area contributed by atoms with Crippen molar-refractivity contribution >= 4 is 29.5 Å². The lowest BCUT2D eigenvalue weighted by molar-refractivity contribution is 0.0634. The smallest absolute Gasteiger partial charge is 0.412 e. The number of benzene rings is 1. The van der Waals surface area contributed by atoms with Crippen LogP contribution in [-0.2, 0) is 4.74 Å². The molecular formula is C14H19NO4S. The van der Waals surface area contributed by atoms with Crippen molar-refractivity contribution in [2.24, 2.45) is 0 Å². The monoisotopic (exact) mass is 297 g/mol. The molecule has 0 aliphatic rings. The second-order valence-corrected chi connectivity index (χ2v) is 6.38. The molecule has 6 heteroatoms. The van der Waals surface area contributed by atoms with Gasteiger partial charge in [-0.1, -0.05) is 6.92 Å². The lowest BCUT2D eigenvalue weighted by atomic mass is 10.2. The number of aromatic carboxylic acids is 1. The van der Waals surface area contributed by atoms with E-state index in [-0.39, 0.29) is 5.56 Å². The first-order chi connectivity index (χ1) is 9.23. The molecule has 20 heavy (non-hydrogen) atoms. The average molecular weight is 297 g/mol. The van der Waals surface area contributed by atoms with Crippen LogP contribution in [0.25, 0.3) is 0 Å². The summed E-state index contributed by atoms with van der Waals surface area (Å²) in [6, 6.07) is 4.57. The van der Waals surface area contributed by atoms with E-state index in [1.54, 1.807) is 32.9 Å². The summed E-state index contributed by atoms with van der Waals surface area (Å²) in [7, 11) is 0. The highest BCUT2D eigenvalue weighted by Crippen LogP contribution is 2.28. The molecule has 2 N–H and O–H groups in total. The lowest BCUT2D eigenvalue weighted by Crippen LogP contribution is -2.27. The quantitative estimate of drug-likeness (QED) is 0.826. The van der Waals surface area contributed by atoms with Crippen LogP contribution in [-0.4, -0.2) is 28.5 Å². The van der Waals surface area contributed by atoms with Gasteiger partial charge in [0.05, 0.1) is 11.3 Å². The molecule has 0 aromatic heterocycles. The van der Waals surface area contributed by atoms with E-state index >= 15 is 0 Å². The summed E-state index contributed by atoms with van der Waals surface area (Å²) in [4.78, 5) is 23.4. The Kier molecular flexibility index (Phi) is 5.44. The van der Waals surface area contributed by atoms with Crippen LogP contribution in [0.1, 0.15) is 38.1 Å². The van der Waals surface area contributed by atoms with Crippen LogP contribution in [0.5, 0.6) is 0 Å². The van der Waals surface area contributed by atoms with Crippen LogP contribution < -0.4 is 5.32 Å². The van der Waals surface area contributed by atoms with E-state index in [2.05, 4.69) is 5.32 Å². The Bertz CT molecular complexity index is 508. The molecule has 0 saturated carbocycles. The third kappa shape index (κ3) is 5.13. The topological polar surface area (TPSA) is 75.6 Å². The van der Waals surface area contributed by atoms with Crippen molar-refractivity contribution in [3.8, 4) is 0 Å². The second-order valence-electron chi connectivity index (χ2n) is 5.08. The lowest BCUT2D eigenvalue weighted by Gasteiger charge is -2.20. The van der Waals surface area contributed by atoms with Gasteiger partial charge in [0.1, 0.15) is 5.60 Å². The highest BCUT2D eigenvalue weighted by molar-refractivity contribution is 7.99. The zero-order valence-corrected chi connectivity index (χ0v) is 12.8. The number of rotatable bonds is 4. The third-order valence-electron chi connectivity index (χ3n) is 2.16. The van der Waals surface area contributed by atoms with Gasteiger partial charge in [0, 0.05) is 4.90 Å². The molecule has 0 atom stereocenters.